The summed E-state index contributed by atoms with van der Waals surface area (Å²) in [7, 11) is 0. The van der Waals surface area contributed by atoms with Gasteiger partial charge in [0.25, 0.3) is 5.56 Å². The van der Waals surface area contributed by atoms with E-state index in [1.54, 1.807) is 25.7 Å². The second-order valence-corrected chi connectivity index (χ2v) is 8.79. The Hall–Kier alpha value is -3.04. The Morgan fingerprint density at radius 1 is 1.16 bits per heavy atom. The number of nitrogens with zero attached hydrogens (tertiary/aromatic N) is 3. The fourth-order valence-electron chi connectivity index (χ4n) is 3.89. The van der Waals surface area contributed by atoms with Crippen molar-refractivity contribution in [1.29, 1.82) is 0 Å². The largest absolute Gasteiger partial charge is 0.444 e. The van der Waals surface area contributed by atoms with E-state index < -0.39 is 17.3 Å². The van der Waals surface area contributed by atoms with Crippen LogP contribution in [0.5, 0.6) is 0 Å². The van der Waals surface area contributed by atoms with Crippen LogP contribution in [0.25, 0.3) is 16.6 Å². The van der Waals surface area contributed by atoms with E-state index in [0.29, 0.717) is 42.7 Å². The number of aromatic amines is 1. The minimum atomic E-state index is -4.48. The van der Waals surface area contributed by atoms with Gasteiger partial charge in [-0.25, -0.2) is 9.31 Å². The topological polar surface area (TPSA) is 79.7 Å². The van der Waals surface area contributed by atoms with E-state index in [4.69, 9.17) is 4.74 Å². The van der Waals surface area contributed by atoms with Gasteiger partial charge in [-0.2, -0.15) is 18.3 Å². The number of halogens is 3. The van der Waals surface area contributed by atoms with Gasteiger partial charge in [0.15, 0.2) is 0 Å². The highest BCUT2D eigenvalue weighted by Crippen LogP contribution is 2.33. The average molecular weight is 436 g/mol. The third-order valence-electron chi connectivity index (χ3n) is 5.33. The molecule has 3 aromatic rings. The fourth-order valence-corrected chi connectivity index (χ4v) is 3.89. The minimum Gasteiger partial charge on any atom is -0.444 e. The molecule has 0 unspecified atom stereocenters. The molecule has 3 heterocycles. The van der Waals surface area contributed by atoms with Crippen LogP contribution in [0.15, 0.2) is 29.1 Å². The van der Waals surface area contributed by atoms with Crippen LogP contribution >= 0.6 is 0 Å². The molecule has 4 rings (SSSR count). The molecule has 2 aromatic heterocycles. The maximum Gasteiger partial charge on any atom is 0.416 e. The summed E-state index contributed by atoms with van der Waals surface area (Å²) in [6.45, 7) is 6.31. The molecule has 1 amide bonds. The standard InChI is InChI=1S/C21H23F3N4O3/c1-20(2,3)31-19(30)27-8-6-12(7-9-27)16-11-17(29)25-18-14-5-4-13(21(22,23)24)10-15(14)26-28(16)18/h4-5,10-12H,6-9H2,1-3H3,(H,25,29). The van der Waals surface area contributed by atoms with Crippen LogP contribution in [0.3, 0.4) is 0 Å². The molecule has 0 radical (unpaired) electrons. The van der Waals surface area contributed by atoms with E-state index in [-0.39, 0.29) is 23.1 Å². The third-order valence-corrected chi connectivity index (χ3v) is 5.33. The van der Waals surface area contributed by atoms with E-state index in [2.05, 4.69) is 10.1 Å². The van der Waals surface area contributed by atoms with Crippen molar-refractivity contribution in [3.8, 4) is 0 Å². The Morgan fingerprint density at radius 2 is 1.84 bits per heavy atom. The SMILES string of the molecule is CC(C)(C)OC(=O)N1CCC(c2cc(=O)[nH]c3c4ccc(C(F)(F)F)cc4nn23)CC1. The number of piperidine rings is 1. The summed E-state index contributed by atoms with van der Waals surface area (Å²) in [6.07, 6.45) is -3.69. The second-order valence-electron chi connectivity index (χ2n) is 8.79. The van der Waals surface area contributed by atoms with Crippen LogP contribution < -0.4 is 5.56 Å². The number of rotatable bonds is 1. The molecule has 1 saturated heterocycles. The number of aromatic nitrogens is 3. The smallest absolute Gasteiger partial charge is 0.416 e. The first kappa shape index (κ1) is 21.2. The van der Waals surface area contributed by atoms with Crippen molar-refractivity contribution in [1.82, 2.24) is 19.5 Å². The van der Waals surface area contributed by atoms with Crippen molar-refractivity contribution < 1.29 is 22.7 Å². The Balaban J connectivity index is 1.65. The number of nitrogens with one attached hydrogen (secondary N) is 1. The molecule has 10 heteroatoms. The summed E-state index contributed by atoms with van der Waals surface area (Å²) in [5, 5.41) is 4.79. The molecule has 0 spiro atoms. The third kappa shape index (κ3) is 4.24. The Kier molecular flexibility index (Phi) is 4.98. The van der Waals surface area contributed by atoms with Crippen LogP contribution in [-0.2, 0) is 10.9 Å². The van der Waals surface area contributed by atoms with E-state index in [1.165, 1.54) is 16.6 Å². The zero-order chi connectivity index (χ0) is 22.6. The zero-order valence-electron chi connectivity index (χ0n) is 17.4. The number of H-pyrrole nitrogens is 1. The summed E-state index contributed by atoms with van der Waals surface area (Å²) in [4.78, 5) is 28.9. The van der Waals surface area contributed by atoms with E-state index in [9.17, 15) is 22.8 Å². The van der Waals surface area contributed by atoms with Crippen molar-refractivity contribution in [2.45, 2.75) is 51.3 Å². The number of ether oxygens (including phenoxy) is 1. The Morgan fingerprint density at radius 3 is 2.45 bits per heavy atom. The first-order valence-electron chi connectivity index (χ1n) is 10.0. The lowest BCUT2D eigenvalue weighted by molar-refractivity contribution is -0.137. The number of amides is 1. The van der Waals surface area contributed by atoms with Crippen LogP contribution in [0, 0.1) is 0 Å². The normalized spacial score (nSPS) is 16.3. The molecule has 7 nitrogen and oxygen atoms in total. The summed E-state index contributed by atoms with van der Waals surface area (Å²) in [6, 6.07) is 4.71. The number of likely N-dealkylation sites (tertiary alicyclic amines) is 1. The molecule has 1 aliphatic rings. The number of benzene rings is 1. The number of hydrogen-bond donors (Lipinski definition) is 1. The molecule has 1 aliphatic heterocycles. The molecule has 166 valence electrons. The van der Waals surface area contributed by atoms with Crippen molar-refractivity contribution in [2.24, 2.45) is 0 Å². The zero-order valence-corrected chi connectivity index (χ0v) is 17.4. The van der Waals surface area contributed by atoms with Gasteiger partial charge >= 0.3 is 12.3 Å². The first-order chi connectivity index (χ1) is 14.4. The maximum atomic E-state index is 13.1. The predicted octanol–water partition coefficient (Wildman–Crippen LogP) is 4.31. The lowest BCUT2D eigenvalue weighted by Crippen LogP contribution is -2.41. The molecule has 0 atom stereocenters. The average Bonchev–Trinajstić information content (AvgIpc) is 3.03. The lowest BCUT2D eigenvalue weighted by atomic mass is 9.93. The minimum absolute atomic E-state index is 0.0696. The van der Waals surface area contributed by atoms with Gasteiger partial charge in [0.1, 0.15) is 11.2 Å². The highest BCUT2D eigenvalue weighted by atomic mass is 19.4. The van der Waals surface area contributed by atoms with E-state index in [1.807, 2.05) is 0 Å². The van der Waals surface area contributed by atoms with Gasteiger partial charge in [0, 0.05) is 30.5 Å². The summed E-state index contributed by atoms with van der Waals surface area (Å²) < 4.78 is 46.1. The molecule has 1 aromatic carbocycles. The Bertz CT molecular complexity index is 1200. The first-order valence-corrected chi connectivity index (χ1v) is 10.0. The van der Waals surface area contributed by atoms with Gasteiger partial charge in [-0.15, -0.1) is 0 Å². The predicted molar refractivity (Wildman–Crippen MR) is 108 cm³/mol. The molecular weight excluding hydrogens is 413 g/mol. The molecule has 1 N–H and O–H groups in total. The maximum absolute atomic E-state index is 13.1. The molecule has 0 aliphatic carbocycles. The Labute approximate surface area is 175 Å². The molecule has 0 saturated carbocycles. The lowest BCUT2D eigenvalue weighted by Gasteiger charge is -2.33. The van der Waals surface area contributed by atoms with Gasteiger partial charge in [-0.3, -0.25) is 4.79 Å². The second kappa shape index (κ2) is 7.28. The molecule has 1 fully saturated rings. The summed E-state index contributed by atoms with van der Waals surface area (Å²) in [5.41, 5.74) is -0.592. The molecule has 31 heavy (non-hydrogen) atoms. The number of hydrogen-bond acceptors (Lipinski definition) is 4. The van der Waals surface area contributed by atoms with E-state index in [0.717, 1.165) is 12.1 Å². The molecular formula is C21H23F3N4O3. The highest BCUT2D eigenvalue weighted by molar-refractivity contribution is 5.92. The number of carbonyl (C=O) groups excluding carboxylic acids is 1. The van der Waals surface area contributed by atoms with Gasteiger partial charge < -0.3 is 14.6 Å². The number of alkyl halides is 3. The van der Waals surface area contributed by atoms with Crippen LogP contribution in [0.4, 0.5) is 18.0 Å². The van der Waals surface area contributed by atoms with Crippen molar-refractivity contribution in [2.75, 3.05) is 13.1 Å². The monoisotopic (exact) mass is 436 g/mol. The van der Waals surface area contributed by atoms with Crippen molar-refractivity contribution in [3.63, 3.8) is 0 Å². The number of fused-ring (bicyclic) bond motifs is 3. The molecule has 0 bridgehead atoms. The van der Waals surface area contributed by atoms with Crippen LogP contribution in [0.1, 0.15) is 50.8 Å². The van der Waals surface area contributed by atoms with Gasteiger partial charge in [0.05, 0.1) is 16.8 Å². The van der Waals surface area contributed by atoms with Crippen molar-refractivity contribution in [3.05, 3.63) is 45.9 Å². The summed E-state index contributed by atoms with van der Waals surface area (Å²) >= 11 is 0. The van der Waals surface area contributed by atoms with Gasteiger partial charge in [0.2, 0.25) is 0 Å². The number of carbonyl (C=O) groups is 1. The van der Waals surface area contributed by atoms with Gasteiger partial charge in [-0.1, -0.05) is 0 Å². The quantitative estimate of drug-likeness (QED) is 0.617. The van der Waals surface area contributed by atoms with Crippen molar-refractivity contribution >= 4 is 22.6 Å². The van der Waals surface area contributed by atoms with Crippen LogP contribution in [-0.4, -0.2) is 44.3 Å². The van der Waals surface area contributed by atoms with Crippen LogP contribution in [0.2, 0.25) is 0 Å². The fraction of sp³-hybridized carbons (Fsp3) is 0.476. The van der Waals surface area contributed by atoms with Gasteiger partial charge in [-0.05, 0) is 51.8 Å². The summed E-state index contributed by atoms with van der Waals surface area (Å²) in [5.74, 6) is -0.0696. The highest BCUT2D eigenvalue weighted by Gasteiger charge is 2.32. The van der Waals surface area contributed by atoms with E-state index >= 15 is 0 Å².